The number of aliphatic imine (C=N–C) groups is 1. The number of hydrogen-bond acceptors (Lipinski definition) is 4. The van der Waals surface area contributed by atoms with Crippen LogP contribution in [0, 0.1) is 13.8 Å². The molecule has 154 valence electrons. The smallest absolute Gasteiger partial charge is 0.191 e. The summed E-state index contributed by atoms with van der Waals surface area (Å²) in [5.74, 6) is 0.812. The van der Waals surface area contributed by atoms with E-state index in [1.165, 1.54) is 23.3 Å². The van der Waals surface area contributed by atoms with E-state index in [1.54, 1.807) is 11.3 Å². The molecule has 1 aromatic carbocycles. The maximum absolute atomic E-state index is 6.24. The first-order valence-electron chi connectivity index (χ1n) is 9.43. The number of halogens is 2. The summed E-state index contributed by atoms with van der Waals surface area (Å²) in [5, 5.41) is 8.80. The van der Waals surface area contributed by atoms with Gasteiger partial charge in [-0.15, -0.1) is 35.3 Å². The molecule has 1 fully saturated rings. The molecule has 0 radical (unpaired) electrons. The number of aryl methyl sites for hydroxylation is 2. The molecule has 1 aliphatic rings. The van der Waals surface area contributed by atoms with Gasteiger partial charge in [0.1, 0.15) is 0 Å². The molecule has 0 bridgehead atoms. The van der Waals surface area contributed by atoms with Crippen LogP contribution in [0.1, 0.15) is 40.0 Å². The Morgan fingerprint density at radius 2 is 2.04 bits per heavy atom. The maximum Gasteiger partial charge on any atom is 0.191 e. The second-order valence-corrected chi connectivity index (χ2v) is 8.59. The molecule has 0 amide bonds. The number of nitrogens with zero attached hydrogens (tertiary/aromatic N) is 3. The molecule has 0 saturated carbocycles. The predicted molar refractivity (Wildman–Crippen MR) is 130 cm³/mol. The topological polar surface area (TPSA) is 52.6 Å². The average molecular weight is 534 g/mol. The lowest BCUT2D eigenvalue weighted by Gasteiger charge is -2.29. The summed E-state index contributed by atoms with van der Waals surface area (Å²) in [5.41, 5.74) is 2.34. The molecular weight excluding hydrogens is 505 g/mol. The van der Waals surface area contributed by atoms with E-state index < -0.39 is 0 Å². The SMILES string of the molecule is CN=C(NCc1sc(C)nc1C)NCC(c1cccc(Cl)c1)N1CCCC1.I. The number of aromatic nitrogens is 1. The highest BCUT2D eigenvalue weighted by atomic mass is 127. The summed E-state index contributed by atoms with van der Waals surface area (Å²) >= 11 is 7.97. The van der Waals surface area contributed by atoms with Gasteiger partial charge >= 0.3 is 0 Å². The van der Waals surface area contributed by atoms with Gasteiger partial charge in [-0.05, 0) is 57.5 Å². The Kier molecular flexibility index (Phi) is 9.46. The summed E-state index contributed by atoms with van der Waals surface area (Å²) in [4.78, 5) is 12.7. The lowest BCUT2D eigenvalue weighted by atomic mass is 10.1. The molecule has 1 unspecified atom stereocenters. The Morgan fingerprint density at radius 3 is 2.64 bits per heavy atom. The van der Waals surface area contributed by atoms with Crippen LogP contribution in [0.2, 0.25) is 5.02 Å². The molecule has 2 aromatic rings. The lowest BCUT2D eigenvalue weighted by Crippen LogP contribution is -2.42. The minimum Gasteiger partial charge on any atom is -0.354 e. The Balaban J connectivity index is 0.00000280. The lowest BCUT2D eigenvalue weighted by molar-refractivity contribution is 0.245. The summed E-state index contributed by atoms with van der Waals surface area (Å²) < 4.78 is 0. The Bertz CT molecular complexity index is 789. The molecule has 1 saturated heterocycles. The van der Waals surface area contributed by atoms with Crippen LogP contribution in [0.15, 0.2) is 29.3 Å². The van der Waals surface area contributed by atoms with Crippen molar-refractivity contribution in [3.63, 3.8) is 0 Å². The second-order valence-electron chi connectivity index (χ2n) is 6.86. The number of hydrogen-bond donors (Lipinski definition) is 2. The molecule has 5 nitrogen and oxygen atoms in total. The van der Waals surface area contributed by atoms with Crippen LogP contribution in [-0.2, 0) is 6.54 Å². The van der Waals surface area contributed by atoms with E-state index in [2.05, 4.69) is 44.6 Å². The third-order valence-electron chi connectivity index (χ3n) is 4.92. The van der Waals surface area contributed by atoms with Gasteiger partial charge in [0.15, 0.2) is 5.96 Å². The third-order valence-corrected chi connectivity index (χ3v) is 6.23. The van der Waals surface area contributed by atoms with Gasteiger partial charge in [0.25, 0.3) is 0 Å². The minimum absolute atomic E-state index is 0. The van der Waals surface area contributed by atoms with E-state index in [9.17, 15) is 0 Å². The van der Waals surface area contributed by atoms with Crippen LogP contribution in [0.3, 0.4) is 0 Å². The molecule has 3 rings (SSSR count). The standard InChI is InChI=1S/C20H28ClN5S.HI/c1-14-19(27-15(2)25-14)13-24-20(22-3)23-12-18(26-9-4-5-10-26)16-7-6-8-17(21)11-16;/h6-8,11,18H,4-5,9-10,12-13H2,1-3H3,(H2,22,23,24);1H. The number of guanidine groups is 1. The Labute approximate surface area is 194 Å². The van der Waals surface area contributed by atoms with Gasteiger partial charge in [-0.2, -0.15) is 0 Å². The van der Waals surface area contributed by atoms with E-state index in [0.717, 1.165) is 47.9 Å². The molecule has 8 heteroatoms. The fourth-order valence-corrected chi connectivity index (χ4v) is 4.62. The highest BCUT2D eigenvalue weighted by Gasteiger charge is 2.23. The van der Waals surface area contributed by atoms with Gasteiger partial charge in [-0.3, -0.25) is 9.89 Å². The summed E-state index contributed by atoms with van der Waals surface area (Å²) in [6.45, 7) is 7.89. The van der Waals surface area contributed by atoms with Crippen molar-refractivity contribution in [1.29, 1.82) is 0 Å². The van der Waals surface area contributed by atoms with Crippen LogP contribution < -0.4 is 10.6 Å². The molecular formula is C20H29ClIN5S. The largest absolute Gasteiger partial charge is 0.354 e. The first kappa shape index (κ1) is 23.4. The Morgan fingerprint density at radius 1 is 1.29 bits per heavy atom. The number of benzene rings is 1. The average Bonchev–Trinajstić information content (AvgIpc) is 3.28. The van der Waals surface area contributed by atoms with Gasteiger partial charge < -0.3 is 10.6 Å². The summed E-state index contributed by atoms with van der Waals surface area (Å²) in [6, 6.07) is 8.49. The van der Waals surface area contributed by atoms with E-state index in [-0.39, 0.29) is 30.0 Å². The van der Waals surface area contributed by atoms with Gasteiger partial charge in [-0.1, -0.05) is 23.7 Å². The van der Waals surface area contributed by atoms with Crippen LogP contribution in [0.5, 0.6) is 0 Å². The van der Waals surface area contributed by atoms with Crippen LogP contribution >= 0.6 is 46.9 Å². The summed E-state index contributed by atoms with van der Waals surface area (Å²) in [6.07, 6.45) is 2.52. The molecule has 1 atom stereocenters. The van der Waals surface area contributed by atoms with E-state index in [0.29, 0.717) is 0 Å². The zero-order valence-electron chi connectivity index (χ0n) is 16.7. The van der Waals surface area contributed by atoms with Gasteiger partial charge in [0, 0.05) is 23.5 Å². The molecule has 2 N–H and O–H groups in total. The van der Waals surface area contributed by atoms with Crippen molar-refractivity contribution in [2.24, 2.45) is 4.99 Å². The zero-order valence-corrected chi connectivity index (χ0v) is 20.6. The zero-order chi connectivity index (χ0) is 19.2. The normalized spacial score (nSPS) is 15.9. The Hall–Kier alpha value is -0.900. The monoisotopic (exact) mass is 533 g/mol. The molecule has 0 aliphatic carbocycles. The molecule has 0 spiro atoms. The van der Waals surface area contributed by atoms with E-state index in [1.807, 2.05) is 26.1 Å². The van der Waals surface area contributed by atoms with Crippen molar-refractivity contribution in [3.05, 3.63) is 50.4 Å². The molecule has 1 aliphatic heterocycles. The van der Waals surface area contributed by atoms with Crippen molar-refractivity contribution in [2.75, 3.05) is 26.7 Å². The minimum atomic E-state index is 0. The summed E-state index contributed by atoms with van der Waals surface area (Å²) in [7, 11) is 1.81. The first-order valence-corrected chi connectivity index (χ1v) is 10.6. The number of likely N-dealkylation sites (tertiary alicyclic amines) is 1. The molecule has 2 heterocycles. The van der Waals surface area contributed by atoms with Gasteiger partial charge in [-0.25, -0.2) is 4.98 Å². The number of rotatable bonds is 6. The fraction of sp³-hybridized carbons (Fsp3) is 0.500. The quantitative estimate of drug-likeness (QED) is 0.325. The van der Waals surface area contributed by atoms with Crippen LogP contribution in [0.4, 0.5) is 0 Å². The van der Waals surface area contributed by atoms with Crippen molar-refractivity contribution in [1.82, 2.24) is 20.5 Å². The van der Waals surface area contributed by atoms with E-state index in [4.69, 9.17) is 11.6 Å². The fourth-order valence-electron chi connectivity index (χ4n) is 3.54. The van der Waals surface area contributed by atoms with Gasteiger partial charge in [0.05, 0.1) is 23.3 Å². The number of thiazole rings is 1. The van der Waals surface area contributed by atoms with Crippen molar-refractivity contribution in [3.8, 4) is 0 Å². The predicted octanol–water partition coefficient (Wildman–Crippen LogP) is 4.53. The van der Waals surface area contributed by atoms with Crippen LogP contribution in [0.25, 0.3) is 0 Å². The maximum atomic E-state index is 6.24. The van der Waals surface area contributed by atoms with Crippen LogP contribution in [-0.4, -0.2) is 42.5 Å². The van der Waals surface area contributed by atoms with Crippen molar-refractivity contribution in [2.45, 2.75) is 39.3 Å². The highest BCUT2D eigenvalue weighted by molar-refractivity contribution is 14.0. The number of nitrogens with one attached hydrogen (secondary N) is 2. The van der Waals surface area contributed by atoms with Gasteiger partial charge in [0.2, 0.25) is 0 Å². The third kappa shape index (κ3) is 6.30. The second kappa shape index (κ2) is 11.3. The molecule has 1 aromatic heterocycles. The first-order chi connectivity index (χ1) is 13.1. The highest BCUT2D eigenvalue weighted by Crippen LogP contribution is 2.26. The molecule has 28 heavy (non-hydrogen) atoms. The van der Waals surface area contributed by atoms with E-state index >= 15 is 0 Å². The van der Waals surface area contributed by atoms with Crippen molar-refractivity contribution >= 4 is 52.9 Å². The van der Waals surface area contributed by atoms with Crippen molar-refractivity contribution < 1.29 is 0 Å².